The van der Waals surface area contributed by atoms with E-state index in [0.29, 0.717) is 17.1 Å². The average molecular weight is 422 g/mol. The third kappa shape index (κ3) is 3.58. The largest absolute Gasteiger partial charge is 0.493 e. The maximum atomic E-state index is 12.8. The SMILES string of the molecule is COc1cnn(C(C)C)c1-c1ccc(Oc2cn3c(C(C)C)ncc3c(=O)n2C)cc1. The zero-order chi connectivity index (χ0) is 22.3. The predicted molar refractivity (Wildman–Crippen MR) is 119 cm³/mol. The summed E-state index contributed by atoms with van der Waals surface area (Å²) in [6.45, 7) is 8.24. The molecule has 4 aromatic rings. The first-order chi connectivity index (χ1) is 14.8. The lowest BCUT2D eigenvalue weighted by molar-refractivity contribution is 0.415. The fourth-order valence-electron chi connectivity index (χ4n) is 3.62. The number of nitrogens with zero attached hydrogens (tertiary/aromatic N) is 5. The summed E-state index contributed by atoms with van der Waals surface area (Å²) in [5, 5.41) is 4.43. The predicted octanol–water partition coefficient (Wildman–Crippen LogP) is 4.40. The van der Waals surface area contributed by atoms with Gasteiger partial charge in [-0.3, -0.25) is 18.4 Å². The summed E-state index contributed by atoms with van der Waals surface area (Å²) in [5.74, 6) is 2.79. The molecule has 0 aliphatic carbocycles. The number of methoxy groups -OCH3 is 1. The molecule has 0 spiro atoms. The molecular weight excluding hydrogens is 394 g/mol. The average Bonchev–Trinajstić information content (AvgIpc) is 3.36. The number of hydrogen-bond donors (Lipinski definition) is 0. The number of imidazole rings is 1. The zero-order valence-electron chi connectivity index (χ0n) is 18.7. The van der Waals surface area contributed by atoms with Gasteiger partial charge in [-0.05, 0) is 38.1 Å². The molecule has 0 amide bonds. The van der Waals surface area contributed by atoms with Gasteiger partial charge in [0.1, 0.15) is 22.8 Å². The molecule has 1 aromatic carbocycles. The Morgan fingerprint density at radius 3 is 2.35 bits per heavy atom. The van der Waals surface area contributed by atoms with E-state index in [-0.39, 0.29) is 17.5 Å². The van der Waals surface area contributed by atoms with Crippen LogP contribution in [-0.2, 0) is 7.05 Å². The summed E-state index contributed by atoms with van der Waals surface area (Å²) in [6.07, 6.45) is 5.15. The fourth-order valence-corrected chi connectivity index (χ4v) is 3.62. The van der Waals surface area contributed by atoms with Crippen molar-refractivity contribution in [3.8, 4) is 28.6 Å². The summed E-state index contributed by atoms with van der Waals surface area (Å²) in [4.78, 5) is 17.2. The normalized spacial score (nSPS) is 11.6. The van der Waals surface area contributed by atoms with Gasteiger partial charge in [-0.25, -0.2) is 4.98 Å². The Kier molecular flexibility index (Phi) is 5.31. The van der Waals surface area contributed by atoms with Gasteiger partial charge in [0.15, 0.2) is 5.75 Å². The van der Waals surface area contributed by atoms with E-state index in [4.69, 9.17) is 9.47 Å². The van der Waals surface area contributed by atoms with Crippen LogP contribution in [0.5, 0.6) is 17.4 Å². The van der Waals surface area contributed by atoms with E-state index >= 15 is 0 Å². The summed E-state index contributed by atoms with van der Waals surface area (Å²) >= 11 is 0. The monoisotopic (exact) mass is 421 g/mol. The van der Waals surface area contributed by atoms with Crippen molar-refractivity contribution in [2.24, 2.45) is 7.05 Å². The highest BCUT2D eigenvalue weighted by molar-refractivity contribution is 5.67. The minimum absolute atomic E-state index is 0.154. The van der Waals surface area contributed by atoms with E-state index in [1.807, 2.05) is 53.4 Å². The van der Waals surface area contributed by atoms with Crippen molar-refractivity contribution >= 4 is 5.52 Å². The minimum Gasteiger partial charge on any atom is -0.493 e. The van der Waals surface area contributed by atoms with Crippen LogP contribution < -0.4 is 15.0 Å². The first-order valence-corrected chi connectivity index (χ1v) is 10.3. The van der Waals surface area contributed by atoms with E-state index in [1.54, 1.807) is 26.6 Å². The van der Waals surface area contributed by atoms with Crippen LogP contribution in [0.25, 0.3) is 16.8 Å². The summed E-state index contributed by atoms with van der Waals surface area (Å²) < 4.78 is 16.8. The molecule has 3 heterocycles. The zero-order valence-corrected chi connectivity index (χ0v) is 18.7. The quantitative estimate of drug-likeness (QED) is 0.461. The maximum Gasteiger partial charge on any atom is 0.279 e. The minimum atomic E-state index is -0.154. The standard InChI is InChI=1S/C23H27N5O3/c1-14(2)22-24-11-18-23(29)26(5)20(13-27(18)22)31-17-9-7-16(8-10-17)21-19(30-6)12-25-28(21)15(3)4/h7-15H,1-6H3. The number of rotatable bonds is 6. The van der Waals surface area contributed by atoms with Crippen molar-refractivity contribution in [2.45, 2.75) is 39.7 Å². The van der Waals surface area contributed by atoms with Crippen molar-refractivity contribution in [3.63, 3.8) is 0 Å². The van der Waals surface area contributed by atoms with Crippen LogP contribution in [0.3, 0.4) is 0 Å². The van der Waals surface area contributed by atoms with Crippen molar-refractivity contribution < 1.29 is 9.47 Å². The van der Waals surface area contributed by atoms with Crippen LogP contribution >= 0.6 is 0 Å². The molecule has 0 atom stereocenters. The Morgan fingerprint density at radius 1 is 1.03 bits per heavy atom. The fraction of sp³-hybridized carbons (Fsp3) is 0.348. The molecule has 0 saturated carbocycles. The number of benzene rings is 1. The van der Waals surface area contributed by atoms with Crippen molar-refractivity contribution in [1.29, 1.82) is 0 Å². The van der Waals surface area contributed by atoms with Crippen molar-refractivity contribution in [1.82, 2.24) is 23.7 Å². The summed E-state index contributed by atoms with van der Waals surface area (Å²) in [5.41, 5.74) is 2.26. The van der Waals surface area contributed by atoms with Gasteiger partial charge in [-0.2, -0.15) is 5.10 Å². The second-order valence-corrected chi connectivity index (χ2v) is 8.08. The second kappa shape index (κ2) is 7.94. The molecule has 162 valence electrons. The molecule has 4 rings (SSSR count). The van der Waals surface area contributed by atoms with E-state index in [2.05, 4.69) is 23.9 Å². The Labute approximate surface area is 180 Å². The lowest BCUT2D eigenvalue weighted by Crippen LogP contribution is -2.20. The molecule has 0 unspecified atom stereocenters. The molecule has 8 heteroatoms. The number of aromatic nitrogens is 5. The van der Waals surface area contributed by atoms with Crippen molar-refractivity contribution in [3.05, 3.63) is 59.0 Å². The lowest BCUT2D eigenvalue weighted by atomic mass is 10.1. The number of ether oxygens (including phenoxy) is 2. The summed E-state index contributed by atoms with van der Waals surface area (Å²) in [6, 6.07) is 7.86. The molecule has 3 aromatic heterocycles. The highest BCUT2D eigenvalue weighted by atomic mass is 16.5. The van der Waals surface area contributed by atoms with E-state index in [1.165, 1.54) is 4.57 Å². The van der Waals surface area contributed by atoms with Gasteiger partial charge >= 0.3 is 0 Å². The Balaban J connectivity index is 1.70. The molecular formula is C23H27N5O3. The Bertz CT molecular complexity index is 1280. The molecule has 0 fully saturated rings. The van der Waals surface area contributed by atoms with Gasteiger partial charge in [-0.1, -0.05) is 13.8 Å². The molecule has 0 bridgehead atoms. The molecule has 0 aliphatic rings. The van der Waals surface area contributed by atoms with E-state index < -0.39 is 0 Å². The third-order valence-electron chi connectivity index (χ3n) is 5.26. The topological polar surface area (TPSA) is 75.6 Å². The highest BCUT2D eigenvalue weighted by Gasteiger charge is 2.17. The Morgan fingerprint density at radius 2 is 1.74 bits per heavy atom. The molecule has 0 radical (unpaired) electrons. The molecule has 31 heavy (non-hydrogen) atoms. The van der Waals surface area contributed by atoms with Crippen molar-refractivity contribution in [2.75, 3.05) is 7.11 Å². The smallest absolute Gasteiger partial charge is 0.279 e. The van der Waals surface area contributed by atoms with Gasteiger partial charge < -0.3 is 9.47 Å². The first-order valence-electron chi connectivity index (χ1n) is 10.3. The first kappa shape index (κ1) is 20.7. The highest BCUT2D eigenvalue weighted by Crippen LogP contribution is 2.33. The van der Waals surface area contributed by atoms with Gasteiger partial charge in [0, 0.05) is 24.6 Å². The molecule has 8 nitrogen and oxygen atoms in total. The van der Waals surface area contributed by atoms with E-state index in [0.717, 1.165) is 22.8 Å². The second-order valence-electron chi connectivity index (χ2n) is 8.08. The molecule has 0 N–H and O–H groups in total. The van der Waals surface area contributed by atoms with Crippen LogP contribution in [-0.4, -0.2) is 30.8 Å². The van der Waals surface area contributed by atoms with Crippen LogP contribution in [0.4, 0.5) is 0 Å². The van der Waals surface area contributed by atoms with Gasteiger partial charge in [0.05, 0.1) is 25.7 Å². The number of fused-ring (bicyclic) bond motifs is 1. The Hall–Kier alpha value is -3.55. The van der Waals surface area contributed by atoms with Crippen LogP contribution in [0.1, 0.15) is 45.5 Å². The lowest BCUT2D eigenvalue weighted by Gasteiger charge is -2.14. The van der Waals surface area contributed by atoms with Gasteiger partial charge in [0.2, 0.25) is 5.88 Å². The molecule has 0 saturated heterocycles. The van der Waals surface area contributed by atoms with E-state index in [9.17, 15) is 4.79 Å². The van der Waals surface area contributed by atoms with Crippen LogP contribution in [0, 0.1) is 0 Å². The summed E-state index contributed by atoms with van der Waals surface area (Å²) in [7, 11) is 3.33. The van der Waals surface area contributed by atoms with Gasteiger partial charge in [-0.15, -0.1) is 0 Å². The molecule has 0 aliphatic heterocycles. The van der Waals surface area contributed by atoms with Crippen LogP contribution in [0.15, 0.2) is 47.7 Å². The van der Waals surface area contributed by atoms with Crippen LogP contribution in [0.2, 0.25) is 0 Å². The van der Waals surface area contributed by atoms with Gasteiger partial charge in [0.25, 0.3) is 5.56 Å². The maximum absolute atomic E-state index is 12.8. The third-order valence-corrected chi connectivity index (χ3v) is 5.26. The number of hydrogen-bond acceptors (Lipinski definition) is 5.